The fourth-order valence-corrected chi connectivity index (χ4v) is 5.05. The third kappa shape index (κ3) is 5.77. The fourth-order valence-electron chi connectivity index (χ4n) is 4.21. The van der Waals surface area contributed by atoms with Crippen molar-refractivity contribution in [3.63, 3.8) is 0 Å². The predicted molar refractivity (Wildman–Crippen MR) is 132 cm³/mol. The van der Waals surface area contributed by atoms with Gasteiger partial charge in [0.25, 0.3) is 0 Å². The summed E-state index contributed by atoms with van der Waals surface area (Å²) in [5.41, 5.74) is 2.04. The van der Waals surface area contributed by atoms with Gasteiger partial charge >= 0.3 is 0 Å². The van der Waals surface area contributed by atoms with E-state index in [0.717, 1.165) is 5.56 Å². The molecule has 3 aromatic rings. The lowest BCUT2D eigenvalue weighted by molar-refractivity contribution is -0.120. The normalized spacial score (nSPS) is 18.3. The van der Waals surface area contributed by atoms with Gasteiger partial charge in [-0.3, -0.25) is 4.79 Å². The number of anilines is 1. The highest BCUT2D eigenvalue weighted by molar-refractivity contribution is 7.90. The van der Waals surface area contributed by atoms with E-state index in [2.05, 4.69) is 0 Å². The topological polar surface area (TPSA) is 63.7 Å². The lowest BCUT2D eigenvalue weighted by Gasteiger charge is -2.26. The molecule has 0 aliphatic carbocycles. The zero-order chi connectivity index (χ0) is 24.3. The monoisotopic (exact) mass is 501 g/mol. The summed E-state index contributed by atoms with van der Waals surface area (Å²) in [5, 5.41) is 0.614. The van der Waals surface area contributed by atoms with Crippen LogP contribution >= 0.6 is 11.6 Å². The smallest absolute Gasteiger partial charge is 0.230 e. The summed E-state index contributed by atoms with van der Waals surface area (Å²) in [6.07, 6.45) is 1.89. The van der Waals surface area contributed by atoms with Gasteiger partial charge in [-0.1, -0.05) is 35.9 Å². The Hall–Kier alpha value is -2.90. The molecule has 0 aromatic heterocycles. The number of alkyl halides is 1. The second kappa shape index (κ2) is 10.2. The van der Waals surface area contributed by atoms with E-state index >= 15 is 0 Å². The number of nitrogens with zero attached hydrogens (tertiary/aromatic N) is 1. The Bertz CT molecular complexity index is 1260. The minimum absolute atomic E-state index is 0.0532. The molecule has 0 spiro atoms. The number of sulfone groups is 1. The van der Waals surface area contributed by atoms with Crippen LogP contribution < -0.4 is 9.64 Å². The van der Waals surface area contributed by atoms with Gasteiger partial charge in [-0.15, -0.1) is 0 Å². The Balaban J connectivity index is 1.61. The zero-order valence-electron chi connectivity index (χ0n) is 18.7. The van der Waals surface area contributed by atoms with Gasteiger partial charge in [0.1, 0.15) is 28.0 Å². The second-order valence-electron chi connectivity index (χ2n) is 8.50. The van der Waals surface area contributed by atoms with Gasteiger partial charge in [0, 0.05) is 22.9 Å². The van der Waals surface area contributed by atoms with Crippen LogP contribution in [0.15, 0.2) is 72.8 Å². The first-order chi connectivity index (χ1) is 16.2. The van der Waals surface area contributed by atoms with E-state index in [-0.39, 0.29) is 24.1 Å². The molecule has 2 atom stereocenters. The molecule has 1 amide bonds. The van der Waals surface area contributed by atoms with Crippen LogP contribution in [0.3, 0.4) is 0 Å². The highest BCUT2D eigenvalue weighted by Crippen LogP contribution is 2.42. The van der Waals surface area contributed by atoms with Crippen LogP contribution in [-0.2, 0) is 21.3 Å². The summed E-state index contributed by atoms with van der Waals surface area (Å²) < 4.78 is 42.5. The molecule has 3 aromatic carbocycles. The molecular formula is C26H25ClFNO4S. The van der Waals surface area contributed by atoms with Gasteiger partial charge in [-0.2, -0.15) is 0 Å². The Morgan fingerprint density at radius 2 is 1.68 bits per heavy atom. The van der Waals surface area contributed by atoms with Gasteiger partial charge in [0.05, 0.1) is 11.8 Å². The third-order valence-electron chi connectivity index (χ3n) is 5.90. The van der Waals surface area contributed by atoms with E-state index in [1.165, 1.54) is 6.26 Å². The van der Waals surface area contributed by atoms with Crippen molar-refractivity contribution in [3.05, 3.63) is 88.9 Å². The molecule has 34 heavy (non-hydrogen) atoms. The van der Waals surface area contributed by atoms with Crippen molar-refractivity contribution in [2.24, 2.45) is 5.92 Å². The minimum Gasteiger partial charge on any atom is -0.457 e. The summed E-state index contributed by atoms with van der Waals surface area (Å²) in [4.78, 5) is 15.1. The van der Waals surface area contributed by atoms with E-state index in [1.807, 2.05) is 6.07 Å². The molecule has 1 heterocycles. The molecule has 8 heteroatoms. The van der Waals surface area contributed by atoms with Crippen LogP contribution in [0.4, 0.5) is 10.1 Å². The Labute approximate surface area is 204 Å². The van der Waals surface area contributed by atoms with Crippen molar-refractivity contribution in [2.45, 2.75) is 25.6 Å². The number of carbonyl (C=O) groups is 1. The van der Waals surface area contributed by atoms with Crippen molar-refractivity contribution < 1.29 is 22.3 Å². The van der Waals surface area contributed by atoms with Gasteiger partial charge in [0.15, 0.2) is 0 Å². The molecule has 178 valence electrons. The van der Waals surface area contributed by atoms with Gasteiger partial charge in [-0.25, -0.2) is 12.8 Å². The number of halogens is 2. The number of ether oxygens (including phenoxy) is 1. The van der Waals surface area contributed by atoms with Crippen LogP contribution in [0, 0.1) is 5.92 Å². The summed E-state index contributed by atoms with van der Waals surface area (Å²) in [6, 6.07) is 21.0. The molecular weight excluding hydrogens is 477 g/mol. The molecule has 0 radical (unpaired) electrons. The van der Waals surface area contributed by atoms with Crippen molar-refractivity contribution in [1.29, 1.82) is 0 Å². The lowest BCUT2D eigenvalue weighted by Crippen LogP contribution is -2.29. The number of hydrogen-bond acceptors (Lipinski definition) is 4. The average Bonchev–Trinajstić information content (AvgIpc) is 3.15. The van der Waals surface area contributed by atoms with Crippen LogP contribution in [0.2, 0.25) is 5.02 Å². The lowest BCUT2D eigenvalue weighted by atomic mass is 9.97. The van der Waals surface area contributed by atoms with Gasteiger partial charge < -0.3 is 9.64 Å². The Kier molecular flexibility index (Phi) is 7.24. The molecule has 1 aliphatic rings. The molecule has 0 saturated carbocycles. The van der Waals surface area contributed by atoms with E-state index in [0.29, 0.717) is 34.2 Å². The molecule has 0 N–H and O–H groups in total. The molecule has 4 rings (SSSR count). The molecule has 0 unspecified atom stereocenters. The van der Waals surface area contributed by atoms with Crippen LogP contribution in [0.25, 0.3) is 0 Å². The maximum atomic E-state index is 13.4. The minimum atomic E-state index is -3.19. The van der Waals surface area contributed by atoms with Crippen molar-refractivity contribution in [1.82, 2.24) is 0 Å². The largest absolute Gasteiger partial charge is 0.457 e. The Morgan fingerprint density at radius 1 is 1.03 bits per heavy atom. The summed E-state index contributed by atoms with van der Waals surface area (Å²) in [7, 11) is -3.19. The standard InChI is InChI=1S/C26H25ClFNO4S/c1-34(31,32)14-13-20-16-25(19-4-2-3-18(15-19)17-28)29(26(20)30)22-7-11-24(12-8-22)33-23-9-5-21(27)6-10-23/h2-12,15,20,25H,13-14,16-17H2,1H3/t20-,25-/m1/s1. The number of amides is 1. The summed E-state index contributed by atoms with van der Waals surface area (Å²) in [5.74, 6) is 0.616. The average molecular weight is 502 g/mol. The molecule has 1 fully saturated rings. The maximum Gasteiger partial charge on any atom is 0.230 e. The molecule has 5 nitrogen and oxygen atoms in total. The maximum absolute atomic E-state index is 13.4. The SMILES string of the molecule is CS(=O)(=O)CC[C@@H]1C[C@H](c2cccc(CF)c2)N(c2ccc(Oc3ccc(Cl)cc3)cc2)C1=O. The van der Waals surface area contributed by atoms with Crippen molar-refractivity contribution in [2.75, 3.05) is 16.9 Å². The number of carbonyl (C=O) groups excluding carboxylic acids is 1. The van der Waals surface area contributed by atoms with E-state index in [1.54, 1.807) is 71.6 Å². The highest BCUT2D eigenvalue weighted by atomic mass is 35.5. The van der Waals surface area contributed by atoms with E-state index in [9.17, 15) is 17.6 Å². The highest BCUT2D eigenvalue weighted by Gasteiger charge is 2.41. The van der Waals surface area contributed by atoms with Crippen molar-refractivity contribution >= 4 is 33.0 Å². The number of benzene rings is 3. The molecule has 1 aliphatic heterocycles. The van der Waals surface area contributed by atoms with Gasteiger partial charge in [-0.05, 0) is 72.5 Å². The molecule has 0 bridgehead atoms. The zero-order valence-corrected chi connectivity index (χ0v) is 20.2. The van der Waals surface area contributed by atoms with Gasteiger partial charge in [0.2, 0.25) is 5.91 Å². The first-order valence-electron chi connectivity index (χ1n) is 10.9. The first-order valence-corrected chi connectivity index (χ1v) is 13.4. The third-order valence-corrected chi connectivity index (χ3v) is 7.13. The number of rotatable bonds is 8. The number of hydrogen-bond donors (Lipinski definition) is 0. The second-order valence-corrected chi connectivity index (χ2v) is 11.2. The van der Waals surface area contributed by atoms with Crippen LogP contribution in [-0.4, -0.2) is 26.3 Å². The van der Waals surface area contributed by atoms with E-state index in [4.69, 9.17) is 16.3 Å². The summed E-state index contributed by atoms with van der Waals surface area (Å²) >= 11 is 5.92. The van der Waals surface area contributed by atoms with Crippen LogP contribution in [0.5, 0.6) is 11.5 Å². The van der Waals surface area contributed by atoms with E-state index < -0.39 is 22.4 Å². The predicted octanol–water partition coefficient (Wildman–Crippen LogP) is 6.13. The Morgan fingerprint density at radius 3 is 2.29 bits per heavy atom. The quantitative estimate of drug-likeness (QED) is 0.372. The van der Waals surface area contributed by atoms with Crippen molar-refractivity contribution in [3.8, 4) is 11.5 Å². The fraction of sp³-hybridized carbons (Fsp3) is 0.269. The summed E-state index contributed by atoms with van der Waals surface area (Å²) in [6.45, 7) is -0.594. The first kappa shape index (κ1) is 24.2. The molecule has 1 saturated heterocycles. The van der Waals surface area contributed by atoms with Crippen LogP contribution in [0.1, 0.15) is 30.0 Å².